The Morgan fingerprint density at radius 2 is 0.887 bits per heavy atom. The van der Waals surface area contributed by atoms with Gasteiger partial charge in [0.2, 0.25) is 0 Å². The highest BCUT2D eigenvalue weighted by molar-refractivity contribution is 5.93. The molecule has 0 N–H and O–H groups in total. The number of aromatic nitrogens is 2. The number of hydrogen-bond donors (Lipinski definition) is 0. The molecule has 0 saturated carbocycles. The Balaban J connectivity index is 0.990. The van der Waals surface area contributed by atoms with E-state index in [1.54, 1.807) is 0 Å². The van der Waals surface area contributed by atoms with E-state index >= 15 is 0 Å². The van der Waals surface area contributed by atoms with E-state index in [2.05, 4.69) is 236 Å². The smallest absolute Gasteiger partial charge is 0.134 e. The number of rotatable bonds is 5. The van der Waals surface area contributed by atoms with E-state index in [-0.39, 0.29) is 5.41 Å². The van der Waals surface area contributed by atoms with E-state index in [1.807, 2.05) is 0 Å². The molecule has 1 spiro atoms. The van der Waals surface area contributed by atoms with Crippen molar-refractivity contribution in [1.82, 2.24) is 9.55 Å². The zero-order valence-electron chi connectivity index (χ0n) is 34.5. The average Bonchev–Trinajstić information content (AvgIpc) is 4.01. The first-order valence-electron chi connectivity index (χ1n) is 21.6. The summed E-state index contributed by atoms with van der Waals surface area (Å²) in [6.45, 7) is 4.70. The lowest BCUT2D eigenvalue weighted by Gasteiger charge is -2.30. The lowest BCUT2D eigenvalue weighted by Crippen LogP contribution is -2.27. The van der Waals surface area contributed by atoms with Gasteiger partial charge in [0.1, 0.15) is 11.2 Å². The summed E-state index contributed by atoms with van der Waals surface area (Å²) in [4.78, 5) is 7.92. The summed E-state index contributed by atoms with van der Waals surface area (Å²) in [5.41, 5.74) is 22.6. The molecule has 0 radical (unpaired) electrons. The van der Waals surface area contributed by atoms with Crippen LogP contribution >= 0.6 is 0 Å². The van der Waals surface area contributed by atoms with Crippen LogP contribution in [0.5, 0.6) is 0 Å². The van der Waals surface area contributed by atoms with Crippen molar-refractivity contribution in [2.24, 2.45) is 0 Å². The Bertz CT molecular complexity index is 3380. The fourth-order valence-corrected chi connectivity index (χ4v) is 11.1. The first-order chi connectivity index (χ1) is 30.5. The second kappa shape index (κ2) is 12.9. The molecular weight excluding hydrogens is 751 g/mol. The van der Waals surface area contributed by atoms with E-state index < -0.39 is 5.41 Å². The van der Waals surface area contributed by atoms with Crippen molar-refractivity contribution in [2.45, 2.75) is 24.7 Å². The number of para-hydroxylation sites is 2. The Morgan fingerprint density at radius 1 is 0.387 bits per heavy atom. The molecule has 0 bridgehead atoms. The van der Waals surface area contributed by atoms with E-state index in [0.717, 1.165) is 33.9 Å². The van der Waals surface area contributed by atoms with Crippen molar-refractivity contribution in [3.05, 3.63) is 246 Å². The molecule has 0 atom stereocenters. The lowest BCUT2D eigenvalue weighted by molar-refractivity contribution is 0.660. The molecule has 3 nitrogen and oxygen atoms in total. The van der Waals surface area contributed by atoms with Gasteiger partial charge in [0.25, 0.3) is 0 Å². The van der Waals surface area contributed by atoms with Crippen molar-refractivity contribution in [3.8, 4) is 50.2 Å². The van der Waals surface area contributed by atoms with Crippen LogP contribution in [-0.2, 0) is 10.8 Å². The molecule has 1 aliphatic heterocycles. The van der Waals surface area contributed by atoms with Crippen LogP contribution in [0.3, 0.4) is 0 Å². The van der Waals surface area contributed by atoms with Gasteiger partial charge in [-0.1, -0.05) is 166 Å². The van der Waals surface area contributed by atoms with Gasteiger partial charge < -0.3 is 4.90 Å². The molecule has 2 heterocycles. The van der Waals surface area contributed by atoms with Gasteiger partial charge >= 0.3 is 0 Å². The second-order valence-electron chi connectivity index (χ2n) is 17.5. The van der Waals surface area contributed by atoms with Crippen LogP contribution in [0.25, 0.3) is 61.2 Å². The SMILES string of the molecule is CC1(C)c2ccccc2-c2ccc(-c3ccc(N(c4ccc(-c5ccccc5)cc4)c4ccc5c(c4)C4(c6ccccc6-c6ccccc64)c4nc6ccccc6n4-5)cc3)cc21. The third-order valence-electron chi connectivity index (χ3n) is 14.0. The van der Waals surface area contributed by atoms with Gasteiger partial charge in [0, 0.05) is 28.0 Å². The summed E-state index contributed by atoms with van der Waals surface area (Å²) in [7, 11) is 0. The van der Waals surface area contributed by atoms with E-state index in [4.69, 9.17) is 4.98 Å². The predicted molar refractivity (Wildman–Crippen MR) is 255 cm³/mol. The summed E-state index contributed by atoms with van der Waals surface area (Å²) in [5.74, 6) is 1.05. The molecule has 0 unspecified atom stereocenters. The minimum absolute atomic E-state index is 0.0570. The topological polar surface area (TPSA) is 21.1 Å². The van der Waals surface area contributed by atoms with Crippen LogP contribution in [0.2, 0.25) is 0 Å². The highest BCUT2D eigenvalue weighted by atomic mass is 15.2. The fourth-order valence-electron chi connectivity index (χ4n) is 11.1. The Kier molecular flexibility index (Phi) is 7.28. The summed E-state index contributed by atoms with van der Waals surface area (Å²) in [6.07, 6.45) is 0. The minimum atomic E-state index is -0.592. The van der Waals surface area contributed by atoms with E-state index in [9.17, 15) is 0 Å². The molecule has 10 aromatic rings. The highest BCUT2D eigenvalue weighted by Crippen LogP contribution is 2.61. The van der Waals surface area contributed by atoms with Crippen molar-refractivity contribution < 1.29 is 0 Å². The number of fused-ring (bicyclic) bond motifs is 15. The molecule has 1 aromatic heterocycles. The van der Waals surface area contributed by atoms with Crippen LogP contribution in [0.1, 0.15) is 47.5 Å². The number of nitrogens with zero attached hydrogens (tertiary/aromatic N) is 3. The highest BCUT2D eigenvalue weighted by Gasteiger charge is 2.54. The monoisotopic (exact) mass is 791 g/mol. The molecule has 2 aliphatic carbocycles. The molecule has 0 fully saturated rings. The van der Waals surface area contributed by atoms with Crippen molar-refractivity contribution in [1.29, 1.82) is 0 Å². The van der Waals surface area contributed by atoms with Gasteiger partial charge in [-0.2, -0.15) is 0 Å². The van der Waals surface area contributed by atoms with Crippen LogP contribution in [0.15, 0.2) is 212 Å². The third-order valence-corrected chi connectivity index (χ3v) is 14.0. The van der Waals surface area contributed by atoms with E-state index in [0.29, 0.717) is 0 Å². The zero-order valence-corrected chi connectivity index (χ0v) is 34.5. The molecule has 9 aromatic carbocycles. The number of benzene rings is 9. The Hall–Kier alpha value is -7.75. The predicted octanol–water partition coefficient (Wildman–Crippen LogP) is 14.8. The molecule has 3 heteroatoms. The maximum atomic E-state index is 5.50. The van der Waals surface area contributed by atoms with Crippen LogP contribution in [-0.4, -0.2) is 9.55 Å². The van der Waals surface area contributed by atoms with Gasteiger partial charge in [0.15, 0.2) is 0 Å². The van der Waals surface area contributed by atoms with Crippen LogP contribution in [0, 0.1) is 0 Å². The van der Waals surface area contributed by atoms with Gasteiger partial charge in [-0.25, -0.2) is 4.98 Å². The average molecular weight is 792 g/mol. The van der Waals surface area contributed by atoms with Gasteiger partial charge in [-0.05, 0) is 127 Å². The van der Waals surface area contributed by atoms with Gasteiger partial charge in [0.05, 0.1) is 16.7 Å². The number of hydrogen-bond acceptors (Lipinski definition) is 2. The minimum Gasteiger partial charge on any atom is -0.310 e. The quantitative estimate of drug-likeness (QED) is 0.173. The van der Waals surface area contributed by atoms with Crippen molar-refractivity contribution >= 4 is 28.1 Å². The zero-order chi connectivity index (χ0) is 41.2. The van der Waals surface area contributed by atoms with Gasteiger partial charge in [-0.15, -0.1) is 0 Å². The van der Waals surface area contributed by atoms with Gasteiger partial charge in [-0.3, -0.25) is 4.57 Å². The summed E-state index contributed by atoms with van der Waals surface area (Å²) >= 11 is 0. The normalized spacial score (nSPS) is 14.2. The molecule has 3 aliphatic rings. The second-order valence-corrected chi connectivity index (χ2v) is 17.5. The lowest BCUT2D eigenvalue weighted by atomic mass is 9.73. The Labute approximate surface area is 361 Å². The standard InChI is InChI=1S/C59H41N3/c1-58(2)49-19-9-6-16-45(49)48-34-28-41(36-52(48)58)40-26-31-43(32-27-40)61(42-29-24-39(25-30-42)38-14-4-3-5-15-38)44-33-35-55-53(37-44)59(57-60-54-22-12-13-23-56(54)62(55)57)50-20-10-7-17-46(50)47-18-8-11-21-51(47)59/h3-37H,1-2H3. The summed E-state index contributed by atoms with van der Waals surface area (Å²) in [6, 6.07) is 78.2. The van der Waals surface area contributed by atoms with Crippen LogP contribution in [0.4, 0.5) is 17.1 Å². The molecule has 13 rings (SSSR count). The Morgan fingerprint density at radius 3 is 1.56 bits per heavy atom. The largest absolute Gasteiger partial charge is 0.310 e. The maximum Gasteiger partial charge on any atom is 0.134 e. The first-order valence-corrected chi connectivity index (χ1v) is 21.6. The van der Waals surface area contributed by atoms with E-state index in [1.165, 1.54) is 78.0 Å². The molecular formula is C59H41N3. The molecule has 0 amide bonds. The summed E-state index contributed by atoms with van der Waals surface area (Å²) in [5, 5.41) is 0. The van der Waals surface area contributed by atoms with Crippen molar-refractivity contribution in [3.63, 3.8) is 0 Å². The summed E-state index contributed by atoms with van der Waals surface area (Å²) < 4.78 is 2.41. The maximum absolute atomic E-state index is 5.50. The first kappa shape index (κ1) is 35.0. The number of anilines is 3. The fraction of sp³-hybridized carbons (Fsp3) is 0.0678. The van der Waals surface area contributed by atoms with Crippen LogP contribution < -0.4 is 4.90 Å². The van der Waals surface area contributed by atoms with Crippen molar-refractivity contribution in [2.75, 3.05) is 4.90 Å². The molecule has 62 heavy (non-hydrogen) atoms. The molecule has 292 valence electrons. The molecule has 0 saturated heterocycles. The third kappa shape index (κ3) is 4.73. The number of imidazole rings is 1.